The van der Waals surface area contributed by atoms with Crippen molar-refractivity contribution in [3.8, 4) is 0 Å². The van der Waals surface area contributed by atoms with E-state index in [1.54, 1.807) is 5.38 Å². The molecule has 0 bridgehead atoms. The predicted molar refractivity (Wildman–Crippen MR) is 67.2 cm³/mol. The summed E-state index contributed by atoms with van der Waals surface area (Å²) < 4.78 is 16.4. The number of benzene rings is 1. The molecule has 2 aromatic rings. The molecule has 0 aliphatic heterocycles. The summed E-state index contributed by atoms with van der Waals surface area (Å²) in [5.41, 5.74) is 0. The molecule has 0 aliphatic carbocycles. The van der Waals surface area contributed by atoms with Crippen LogP contribution in [0, 0.1) is 13.0 Å². The van der Waals surface area contributed by atoms with Crippen LogP contribution in [0.1, 0.15) is 0 Å². The van der Waals surface area contributed by atoms with E-state index in [1.807, 2.05) is 12.1 Å². The Morgan fingerprint density at radius 2 is 1.83 bits per heavy atom. The van der Waals surface area contributed by atoms with Crippen molar-refractivity contribution < 1.29 is 4.39 Å². The molecule has 0 radical (unpaired) electrons. The standard InChI is InChI=1S/C8H3FI2S/c9-4-3-12-8-6(11)2-1-5(10)7(4)8/h1-3H. The Labute approximate surface area is 100 Å². The fraction of sp³-hybridized carbons (Fsp3) is 0. The normalized spacial score (nSPS) is 10.9. The first-order valence-electron chi connectivity index (χ1n) is 3.21. The SMILES string of the molecule is Fc1csc2c(I)ccc(I)c12. The van der Waals surface area contributed by atoms with Crippen LogP contribution in [0.25, 0.3) is 10.1 Å². The molecule has 0 nitrogen and oxygen atoms in total. The summed E-state index contributed by atoms with van der Waals surface area (Å²) >= 11 is 5.86. The van der Waals surface area contributed by atoms with Gasteiger partial charge in [-0.3, -0.25) is 0 Å². The van der Waals surface area contributed by atoms with E-state index in [1.165, 1.54) is 11.3 Å². The van der Waals surface area contributed by atoms with E-state index in [0.29, 0.717) is 0 Å². The number of fused-ring (bicyclic) bond motifs is 1. The van der Waals surface area contributed by atoms with Gasteiger partial charge in [-0.25, -0.2) is 4.39 Å². The van der Waals surface area contributed by atoms with Gasteiger partial charge in [0.1, 0.15) is 5.82 Å². The maximum Gasteiger partial charge on any atom is 0.142 e. The van der Waals surface area contributed by atoms with Gasteiger partial charge in [-0.2, -0.15) is 0 Å². The summed E-state index contributed by atoms with van der Waals surface area (Å²) in [6.45, 7) is 0. The Morgan fingerprint density at radius 3 is 2.50 bits per heavy atom. The van der Waals surface area contributed by atoms with E-state index < -0.39 is 0 Å². The van der Waals surface area contributed by atoms with Crippen molar-refractivity contribution in [3.05, 3.63) is 30.5 Å². The van der Waals surface area contributed by atoms with Gasteiger partial charge in [0.15, 0.2) is 0 Å². The van der Waals surface area contributed by atoms with E-state index in [-0.39, 0.29) is 5.82 Å². The molecule has 0 atom stereocenters. The molecule has 1 aromatic heterocycles. The second-order valence-corrected chi connectivity index (χ2v) is 5.52. The third-order valence-electron chi connectivity index (χ3n) is 1.58. The van der Waals surface area contributed by atoms with Gasteiger partial charge in [0, 0.05) is 17.9 Å². The molecule has 4 heteroatoms. The molecule has 1 aromatic carbocycles. The summed E-state index contributed by atoms with van der Waals surface area (Å²) in [4.78, 5) is 0. The average molecular weight is 404 g/mol. The molecular formula is C8H3FI2S. The maximum absolute atomic E-state index is 13.2. The summed E-state index contributed by atoms with van der Waals surface area (Å²) in [5, 5.41) is 2.34. The molecule has 0 N–H and O–H groups in total. The van der Waals surface area contributed by atoms with Crippen LogP contribution in [-0.4, -0.2) is 0 Å². The molecule has 0 amide bonds. The molecule has 0 fully saturated rings. The molecule has 0 aliphatic rings. The van der Waals surface area contributed by atoms with Crippen LogP contribution in [0.4, 0.5) is 4.39 Å². The van der Waals surface area contributed by atoms with Gasteiger partial charge in [-0.15, -0.1) is 11.3 Å². The lowest BCUT2D eigenvalue weighted by Crippen LogP contribution is -1.78. The molecule has 2 rings (SSSR count). The second-order valence-electron chi connectivity index (χ2n) is 2.32. The highest BCUT2D eigenvalue weighted by Gasteiger charge is 2.09. The first-order chi connectivity index (χ1) is 5.70. The van der Waals surface area contributed by atoms with Gasteiger partial charge in [-0.05, 0) is 57.3 Å². The lowest BCUT2D eigenvalue weighted by molar-refractivity contribution is 0.644. The van der Waals surface area contributed by atoms with Gasteiger partial charge in [0.25, 0.3) is 0 Å². The topological polar surface area (TPSA) is 0 Å². The van der Waals surface area contributed by atoms with Gasteiger partial charge >= 0.3 is 0 Å². The molecule has 0 saturated carbocycles. The number of thiophene rings is 1. The number of hydrogen-bond donors (Lipinski definition) is 0. The third kappa shape index (κ3) is 1.37. The zero-order chi connectivity index (χ0) is 8.72. The van der Waals surface area contributed by atoms with Crippen LogP contribution in [-0.2, 0) is 0 Å². The van der Waals surface area contributed by atoms with Gasteiger partial charge < -0.3 is 0 Å². The van der Waals surface area contributed by atoms with Crippen LogP contribution < -0.4 is 0 Å². The largest absolute Gasteiger partial charge is 0.205 e. The molecule has 0 spiro atoms. The maximum atomic E-state index is 13.2. The van der Waals surface area contributed by atoms with E-state index in [9.17, 15) is 4.39 Å². The van der Waals surface area contributed by atoms with Crippen molar-refractivity contribution in [2.45, 2.75) is 0 Å². The molecule has 0 saturated heterocycles. The van der Waals surface area contributed by atoms with E-state index in [0.717, 1.165) is 17.2 Å². The summed E-state index contributed by atoms with van der Waals surface area (Å²) in [7, 11) is 0. The Bertz CT molecular complexity index is 436. The highest BCUT2D eigenvalue weighted by atomic mass is 127. The van der Waals surface area contributed by atoms with E-state index in [2.05, 4.69) is 45.2 Å². The van der Waals surface area contributed by atoms with Gasteiger partial charge in [0.05, 0.1) is 4.70 Å². The number of halogens is 3. The minimum absolute atomic E-state index is 0.0992. The fourth-order valence-electron chi connectivity index (χ4n) is 1.04. The molecule has 62 valence electrons. The quantitative estimate of drug-likeness (QED) is 0.577. The van der Waals surface area contributed by atoms with E-state index >= 15 is 0 Å². The predicted octanol–water partition coefficient (Wildman–Crippen LogP) is 4.25. The van der Waals surface area contributed by atoms with Crippen LogP contribution in [0.15, 0.2) is 17.5 Å². The van der Waals surface area contributed by atoms with Crippen molar-refractivity contribution in [2.75, 3.05) is 0 Å². The second kappa shape index (κ2) is 3.38. The number of rotatable bonds is 0. The molecular weight excluding hydrogens is 401 g/mol. The van der Waals surface area contributed by atoms with Crippen molar-refractivity contribution >= 4 is 66.6 Å². The highest BCUT2D eigenvalue weighted by Crippen LogP contribution is 2.32. The smallest absolute Gasteiger partial charge is 0.142 e. The van der Waals surface area contributed by atoms with Crippen LogP contribution in [0.5, 0.6) is 0 Å². The first kappa shape index (κ1) is 9.14. The minimum atomic E-state index is -0.0992. The van der Waals surface area contributed by atoms with Crippen LogP contribution in [0.3, 0.4) is 0 Å². The first-order valence-corrected chi connectivity index (χ1v) is 6.24. The fourth-order valence-corrected chi connectivity index (χ4v) is 3.61. The summed E-state index contributed by atoms with van der Waals surface area (Å²) in [6.07, 6.45) is 0. The monoisotopic (exact) mass is 404 g/mol. The highest BCUT2D eigenvalue weighted by molar-refractivity contribution is 14.1. The summed E-state index contributed by atoms with van der Waals surface area (Å²) in [6, 6.07) is 3.96. The van der Waals surface area contributed by atoms with Crippen molar-refractivity contribution in [1.29, 1.82) is 0 Å². The van der Waals surface area contributed by atoms with Crippen molar-refractivity contribution in [1.82, 2.24) is 0 Å². The third-order valence-corrected chi connectivity index (χ3v) is 4.73. The average Bonchev–Trinajstić information content (AvgIpc) is 2.42. The molecule has 0 unspecified atom stereocenters. The van der Waals surface area contributed by atoms with E-state index in [4.69, 9.17) is 0 Å². The number of hydrogen-bond acceptors (Lipinski definition) is 1. The Morgan fingerprint density at radius 1 is 1.17 bits per heavy atom. The zero-order valence-electron chi connectivity index (χ0n) is 5.77. The van der Waals surface area contributed by atoms with Crippen molar-refractivity contribution in [2.24, 2.45) is 0 Å². The Hall–Kier alpha value is 0.570. The van der Waals surface area contributed by atoms with Gasteiger partial charge in [-0.1, -0.05) is 0 Å². The summed E-state index contributed by atoms with van der Waals surface area (Å²) in [5.74, 6) is -0.0992. The Kier molecular flexibility index (Phi) is 2.57. The molecule has 12 heavy (non-hydrogen) atoms. The Balaban J connectivity index is 2.98. The van der Waals surface area contributed by atoms with Gasteiger partial charge in [0.2, 0.25) is 0 Å². The lowest BCUT2D eigenvalue weighted by Gasteiger charge is -1.96. The zero-order valence-corrected chi connectivity index (χ0v) is 10.9. The van der Waals surface area contributed by atoms with Crippen LogP contribution >= 0.6 is 56.5 Å². The minimum Gasteiger partial charge on any atom is -0.205 e. The lowest BCUT2D eigenvalue weighted by atomic mass is 10.3. The molecule has 1 heterocycles. The van der Waals surface area contributed by atoms with Crippen LogP contribution in [0.2, 0.25) is 0 Å². The van der Waals surface area contributed by atoms with Crippen molar-refractivity contribution in [3.63, 3.8) is 0 Å².